The lowest BCUT2D eigenvalue weighted by molar-refractivity contribution is -0.122. The zero-order chi connectivity index (χ0) is 14.5. The quantitative estimate of drug-likeness (QED) is 0.857. The molecule has 0 spiro atoms. The molecule has 19 heavy (non-hydrogen) atoms. The summed E-state index contributed by atoms with van der Waals surface area (Å²) < 4.78 is 0. The van der Waals surface area contributed by atoms with Crippen LogP contribution in [-0.2, 0) is 17.9 Å². The van der Waals surface area contributed by atoms with Gasteiger partial charge in [0, 0.05) is 19.5 Å². The third kappa shape index (κ3) is 5.43. The summed E-state index contributed by atoms with van der Waals surface area (Å²) in [6.45, 7) is 9.75. The minimum Gasteiger partial charge on any atom is -0.352 e. The predicted molar refractivity (Wildman–Crippen MR) is 79.4 cm³/mol. The lowest BCUT2D eigenvalue weighted by atomic mass is 9.80. The van der Waals surface area contributed by atoms with Gasteiger partial charge in [-0.3, -0.25) is 4.79 Å². The lowest BCUT2D eigenvalue weighted by Gasteiger charge is -2.26. The molecule has 1 aromatic rings. The first-order valence-corrected chi connectivity index (χ1v) is 6.87. The fourth-order valence-electron chi connectivity index (χ4n) is 1.65. The second kappa shape index (κ2) is 6.71. The molecular formula is C16H26N2O. The second-order valence-electron chi connectivity index (χ2n) is 6.27. The molecule has 0 bridgehead atoms. The van der Waals surface area contributed by atoms with Gasteiger partial charge in [-0.2, -0.15) is 0 Å². The monoisotopic (exact) mass is 262 g/mol. The fourth-order valence-corrected chi connectivity index (χ4v) is 1.65. The van der Waals surface area contributed by atoms with Gasteiger partial charge in [-0.15, -0.1) is 0 Å². The van der Waals surface area contributed by atoms with E-state index in [0.29, 0.717) is 25.4 Å². The van der Waals surface area contributed by atoms with E-state index in [1.165, 1.54) is 0 Å². The maximum absolute atomic E-state index is 11.9. The maximum atomic E-state index is 11.9. The molecule has 3 nitrogen and oxygen atoms in total. The smallest absolute Gasteiger partial charge is 0.220 e. The van der Waals surface area contributed by atoms with Crippen molar-refractivity contribution in [2.45, 2.75) is 47.2 Å². The van der Waals surface area contributed by atoms with Gasteiger partial charge in [0.1, 0.15) is 0 Å². The van der Waals surface area contributed by atoms with Crippen LogP contribution in [0, 0.1) is 11.3 Å². The van der Waals surface area contributed by atoms with Crippen LogP contribution >= 0.6 is 0 Å². The Hall–Kier alpha value is -1.35. The first-order chi connectivity index (χ1) is 8.82. The van der Waals surface area contributed by atoms with Crippen LogP contribution in [0.1, 0.15) is 45.2 Å². The minimum atomic E-state index is 0.116. The molecule has 0 aliphatic heterocycles. The highest BCUT2D eigenvalue weighted by atomic mass is 16.1. The van der Waals surface area contributed by atoms with Gasteiger partial charge in [0.15, 0.2) is 0 Å². The molecule has 0 radical (unpaired) electrons. The number of nitrogens with two attached hydrogens (primary N) is 1. The van der Waals surface area contributed by atoms with E-state index in [2.05, 4.69) is 33.0 Å². The maximum Gasteiger partial charge on any atom is 0.220 e. The highest BCUT2D eigenvalue weighted by Crippen LogP contribution is 2.27. The van der Waals surface area contributed by atoms with Crippen molar-refractivity contribution in [3.8, 4) is 0 Å². The van der Waals surface area contributed by atoms with Crippen molar-refractivity contribution in [3.63, 3.8) is 0 Å². The molecule has 1 unspecified atom stereocenters. The number of carbonyl (C=O) groups is 1. The number of amides is 1. The minimum absolute atomic E-state index is 0.116. The van der Waals surface area contributed by atoms with Gasteiger partial charge in [-0.25, -0.2) is 0 Å². The molecular weight excluding hydrogens is 236 g/mol. The molecule has 1 amide bonds. The van der Waals surface area contributed by atoms with Crippen LogP contribution in [0.2, 0.25) is 0 Å². The fraction of sp³-hybridized carbons (Fsp3) is 0.562. The third-order valence-corrected chi connectivity index (χ3v) is 3.72. The molecule has 0 aliphatic carbocycles. The average Bonchev–Trinajstić information content (AvgIpc) is 2.35. The second-order valence-corrected chi connectivity index (χ2v) is 6.27. The zero-order valence-corrected chi connectivity index (χ0v) is 12.5. The van der Waals surface area contributed by atoms with Crippen LogP contribution in [0.3, 0.4) is 0 Å². The summed E-state index contributed by atoms with van der Waals surface area (Å²) in [5, 5.41) is 2.97. The van der Waals surface area contributed by atoms with Crippen molar-refractivity contribution in [3.05, 3.63) is 35.4 Å². The average molecular weight is 262 g/mol. The standard InChI is InChI=1S/C16H26N2O/c1-12(16(2,3)4)9-15(19)18-11-14-7-5-13(10-17)6-8-14/h5-8,12H,9-11,17H2,1-4H3,(H,18,19). The molecule has 0 heterocycles. The van der Waals surface area contributed by atoms with Gasteiger partial charge < -0.3 is 11.1 Å². The van der Waals surface area contributed by atoms with E-state index in [4.69, 9.17) is 5.73 Å². The Labute approximate surface area is 116 Å². The number of benzene rings is 1. The van der Waals surface area contributed by atoms with Gasteiger partial charge in [0.2, 0.25) is 5.91 Å². The number of hydrogen-bond acceptors (Lipinski definition) is 2. The molecule has 3 heteroatoms. The Bertz CT molecular complexity index is 404. The summed E-state index contributed by atoms with van der Waals surface area (Å²) in [6, 6.07) is 8.02. The SMILES string of the molecule is CC(CC(=O)NCc1ccc(CN)cc1)C(C)(C)C. The van der Waals surface area contributed by atoms with Gasteiger partial charge in [-0.1, -0.05) is 52.0 Å². The molecule has 0 saturated heterocycles. The number of hydrogen-bond donors (Lipinski definition) is 2. The molecule has 0 fully saturated rings. The van der Waals surface area contributed by atoms with Crippen molar-refractivity contribution in [1.29, 1.82) is 0 Å². The van der Waals surface area contributed by atoms with Crippen molar-refractivity contribution >= 4 is 5.91 Å². The van der Waals surface area contributed by atoms with E-state index in [1.54, 1.807) is 0 Å². The molecule has 1 atom stereocenters. The van der Waals surface area contributed by atoms with E-state index in [1.807, 2.05) is 24.3 Å². The molecule has 106 valence electrons. The van der Waals surface area contributed by atoms with Crippen molar-refractivity contribution in [2.75, 3.05) is 0 Å². The lowest BCUT2D eigenvalue weighted by Crippen LogP contribution is -2.28. The van der Waals surface area contributed by atoms with Crippen LogP contribution in [0.4, 0.5) is 0 Å². The van der Waals surface area contributed by atoms with Crippen molar-refractivity contribution < 1.29 is 4.79 Å². The Morgan fingerprint density at radius 2 is 1.74 bits per heavy atom. The Morgan fingerprint density at radius 3 is 2.21 bits per heavy atom. The van der Waals surface area contributed by atoms with E-state index in [0.717, 1.165) is 11.1 Å². The van der Waals surface area contributed by atoms with Gasteiger partial charge in [-0.05, 0) is 22.5 Å². The molecule has 0 saturated carbocycles. The number of carbonyl (C=O) groups excluding carboxylic acids is 1. The normalized spacial score (nSPS) is 13.1. The van der Waals surface area contributed by atoms with Gasteiger partial charge in [0.25, 0.3) is 0 Å². The topological polar surface area (TPSA) is 55.1 Å². The first kappa shape index (κ1) is 15.7. The van der Waals surface area contributed by atoms with Crippen LogP contribution in [0.15, 0.2) is 24.3 Å². The molecule has 0 aliphatic rings. The summed E-state index contributed by atoms with van der Waals surface area (Å²) >= 11 is 0. The highest BCUT2D eigenvalue weighted by Gasteiger charge is 2.22. The molecule has 0 aromatic heterocycles. The van der Waals surface area contributed by atoms with E-state index >= 15 is 0 Å². The van der Waals surface area contributed by atoms with E-state index < -0.39 is 0 Å². The largest absolute Gasteiger partial charge is 0.352 e. The van der Waals surface area contributed by atoms with Crippen molar-refractivity contribution in [1.82, 2.24) is 5.32 Å². The highest BCUT2D eigenvalue weighted by molar-refractivity contribution is 5.76. The Balaban J connectivity index is 2.41. The predicted octanol–water partition coefficient (Wildman–Crippen LogP) is 2.83. The van der Waals surface area contributed by atoms with Crippen molar-refractivity contribution in [2.24, 2.45) is 17.1 Å². The van der Waals surface area contributed by atoms with E-state index in [-0.39, 0.29) is 11.3 Å². The number of nitrogens with one attached hydrogen (secondary N) is 1. The van der Waals surface area contributed by atoms with Gasteiger partial charge >= 0.3 is 0 Å². The third-order valence-electron chi connectivity index (χ3n) is 3.72. The summed E-state index contributed by atoms with van der Waals surface area (Å²) in [6.07, 6.45) is 0.574. The summed E-state index contributed by atoms with van der Waals surface area (Å²) in [7, 11) is 0. The molecule has 1 rings (SSSR count). The van der Waals surface area contributed by atoms with Crippen LogP contribution in [0.25, 0.3) is 0 Å². The summed E-state index contributed by atoms with van der Waals surface area (Å²) in [4.78, 5) is 11.9. The molecule has 1 aromatic carbocycles. The Morgan fingerprint density at radius 1 is 1.21 bits per heavy atom. The summed E-state index contributed by atoms with van der Waals surface area (Å²) in [5.41, 5.74) is 7.93. The van der Waals surface area contributed by atoms with Crippen LogP contribution in [-0.4, -0.2) is 5.91 Å². The molecule has 3 N–H and O–H groups in total. The summed E-state index contributed by atoms with van der Waals surface area (Å²) in [5.74, 6) is 0.484. The van der Waals surface area contributed by atoms with Crippen LogP contribution in [0.5, 0.6) is 0 Å². The van der Waals surface area contributed by atoms with Crippen LogP contribution < -0.4 is 11.1 Å². The Kier molecular flexibility index (Phi) is 5.55. The first-order valence-electron chi connectivity index (χ1n) is 6.87. The number of rotatable bonds is 5. The zero-order valence-electron chi connectivity index (χ0n) is 12.5. The van der Waals surface area contributed by atoms with Gasteiger partial charge in [0.05, 0.1) is 0 Å². The van der Waals surface area contributed by atoms with E-state index in [9.17, 15) is 4.79 Å².